The molecule has 2 fully saturated rings. The van der Waals surface area contributed by atoms with E-state index in [-0.39, 0.29) is 25.0 Å². The Hall–Kier alpha value is -2.19. The number of likely N-dealkylation sites (tertiary alicyclic amines) is 1. The third-order valence-electron chi connectivity index (χ3n) is 7.77. The molecule has 1 unspecified atom stereocenters. The molecule has 0 aromatic rings. The van der Waals surface area contributed by atoms with Gasteiger partial charge >= 0.3 is 5.97 Å². The summed E-state index contributed by atoms with van der Waals surface area (Å²) in [6.45, 7) is 9.02. The van der Waals surface area contributed by atoms with Gasteiger partial charge in [0.25, 0.3) is 0 Å². The van der Waals surface area contributed by atoms with Crippen molar-refractivity contribution in [2.24, 2.45) is 11.8 Å². The first-order chi connectivity index (χ1) is 16.1. The van der Waals surface area contributed by atoms with Crippen molar-refractivity contribution in [3.8, 4) is 0 Å². The molecule has 5 atom stereocenters. The number of amides is 2. The molecule has 0 saturated carbocycles. The highest BCUT2D eigenvalue weighted by atomic mass is 16.6. The smallest absolute Gasteiger partial charge is 0.313 e. The number of carbonyl (C=O) groups is 3. The van der Waals surface area contributed by atoms with Gasteiger partial charge in [-0.3, -0.25) is 14.4 Å². The number of ether oxygens (including phenoxy) is 2. The van der Waals surface area contributed by atoms with Crippen LogP contribution in [0.15, 0.2) is 24.3 Å². The predicted molar refractivity (Wildman–Crippen MR) is 126 cm³/mol. The fourth-order valence-electron chi connectivity index (χ4n) is 6.14. The van der Waals surface area contributed by atoms with Gasteiger partial charge in [-0.15, -0.1) is 0 Å². The monoisotopic (exact) mass is 474 g/mol. The number of esters is 1. The molecule has 1 N–H and O–H groups in total. The van der Waals surface area contributed by atoms with Gasteiger partial charge in [-0.05, 0) is 52.9 Å². The number of hydrogen-bond acceptors (Lipinski definition) is 6. The van der Waals surface area contributed by atoms with Crippen LogP contribution in [0.5, 0.6) is 0 Å². The first kappa shape index (κ1) is 24.9. The van der Waals surface area contributed by atoms with E-state index in [9.17, 15) is 14.4 Å². The molecule has 4 aliphatic heterocycles. The van der Waals surface area contributed by atoms with Gasteiger partial charge in [-0.2, -0.15) is 0 Å². The third-order valence-corrected chi connectivity index (χ3v) is 7.77. The highest BCUT2D eigenvalue weighted by Crippen LogP contribution is 2.58. The first-order valence-corrected chi connectivity index (χ1v) is 12.6. The molecule has 8 heteroatoms. The Labute approximate surface area is 201 Å². The van der Waals surface area contributed by atoms with Gasteiger partial charge in [0.1, 0.15) is 23.2 Å². The molecule has 0 aromatic heterocycles. The van der Waals surface area contributed by atoms with E-state index in [4.69, 9.17) is 14.6 Å². The quantitative estimate of drug-likeness (QED) is 0.360. The molecule has 1 spiro atoms. The van der Waals surface area contributed by atoms with Crippen molar-refractivity contribution in [1.82, 2.24) is 9.80 Å². The van der Waals surface area contributed by atoms with E-state index in [2.05, 4.69) is 0 Å². The number of hydrogen-bond donors (Lipinski definition) is 1. The second-order valence-electron chi connectivity index (χ2n) is 10.8. The Morgan fingerprint density at radius 3 is 2.50 bits per heavy atom. The summed E-state index contributed by atoms with van der Waals surface area (Å²) in [6, 6.07) is -0.852. The highest BCUT2D eigenvalue weighted by Gasteiger charge is 2.75. The SMILES string of the molecule is CC[C@]12C=CCCOC(=O)[C@H]1[C@H]1C(=O)N(CCCCCO)C3C(=O)N(C(C)(C)C)CC=C[C@@]31O2. The van der Waals surface area contributed by atoms with Crippen LogP contribution < -0.4 is 0 Å². The lowest BCUT2D eigenvalue weighted by molar-refractivity contribution is -0.162. The van der Waals surface area contributed by atoms with Crippen LogP contribution in [0.3, 0.4) is 0 Å². The molecule has 0 radical (unpaired) electrons. The summed E-state index contributed by atoms with van der Waals surface area (Å²) in [6.07, 6.45) is 10.8. The van der Waals surface area contributed by atoms with Crippen LogP contribution in [-0.2, 0) is 23.9 Å². The van der Waals surface area contributed by atoms with Crippen molar-refractivity contribution < 1.29 is 29.0 Å². The van der Waals surface area contributed by atoms with Crippen molar-refractivity contribution in [3.05, 3.63) is 24.3 Å². The molecule has 4 heterocycles. The predicted octanol–water partition coefficient (Wildman–Crippen LogP) is 2.21. The molecule has 0 bridgehead atoms. The van der Waals surface area contributed by atoms with Crippen molar-refractivity contribution in [2.45, 2.75) is 82.6 Å². The average Bonchev–Trinajstić information content (AvgIpc) is 3.11. The Morgan fingerprint density at radius 2 is 1.82 bits per heavy atom. The number of fused-ring (bicyclic) bond motifs is 2. The molecule has 0 aliphatic carbocycles. The maximum Gasteiger partial charge on any atom is 0.313 e. The largest absolute Gasteiger partial charge is 0.465 e. The summed E-state index contributed by atoms with van der Waals surface area (Å²) in [4.78, 5) is 44.9. The maximum absolute atomic E-state index is 14.1. The summed E-state index contributed by atoms with van der Waals surface area (Å²) in [7, 11) is 0. The second-order valence-corrected chi connectivity index (χ2v) is 10.8. The van der Waals surface area contributed by atoms with Crippen LogP contribution in [0.4, 0.5) is 0 Å². The molecular weight excluding hydrogens is 436 g/mol. The Morgan fingerprint density at radius 1 is 1.06 bits per heavy atom. The van der Waals surface area contributed by atoms with E-state index < -0.39 is 40.6 Å². The molecule has 34 heavy (non-hydrogen) atoms. The van der Waals surface area contributed by atoms with Crippen LogP contribution >= 0.6 is 0 Å². The van der Waals surface area contributed by atoms with Crippen LogP contribution in [0, 0.1) is 11.8 Å². The van der Waals surface area contributed by atoms with E-state index in [1.54, 1.807) is 9.80 Å². The highest BCUT2D eigenvalue weighted by molar-refractivity contribution is 5.99. The molecule has 4 rings (SSSR count). The molecule has 0 aromatic carbocycles. The van der Waals surface area contributed by atoms with Crippen LogP contribution in [0.25, 0.3) is 0 Å². The lowest BCUT2D eigenvalue weighted by Gasteiger charge is -2.41. The molecule has 2 amide bonds. The molecular formula is C26H38N2O6. The van der Waals surface area contributed by atoms with Gasteiger partial charge in [0, 0.05) is 25.2 Å². The zero-order valence-electron chi connectivity index (χ0n) is 20.8. The summed E-state index contributed by atoms with van der Waals surface area (Å²) in [5.74, 6) is -2.46. The number of unbranched alkanes of at least 4 members (excludes halogenated alkanes) is 2. The van der Waals surface area contributed by atoms with Crippen LogP contribution in [-0.4, -0.2) is 81.8 Å². The average molecular weight is 475 g/mol. The number of nitrogens with zero attached hydrogens (tertiary/aromatic N) is 2. The fourth-order valence-corrected chi connectivity index (χ4v) is 6.14. The maximum atomic E-state index is 14.1. The van der Waals surface area contributed by atoms with Gasteiger partial charge in [-0.25, -0.2) is 0 Å². The zero-order valence-corrected chi connectivity index (χ0v) is 20.8. The fraction of sp³-hybridized carbons (Fsp3) is 0.731. The molecule has 8 nitrogen and oxygen atoms in total. The number of aliphatic hydroxyl groups excluding tert-OH is 1. The van der Waals surface area contributed by atoms with Crippen LogP contribution in [0.2, 0.25) is 0 Å². The van der Waals surface area contributed by atoms with E-state index >= 15 is 0 Å². The first-order valence-electron chi connectivity index (χ1n) is 12.6. The van der Waals surface area contributed by atoms with E-state index in [1.165, 1.54) is 0 Å². The summed E-state index contributed by atoms with van der Waals surface area (Å²) in [5, 5.41) is 9.17. The topological polar surface area (TPSA) is 96.4 Å². The lowest BCUT2D eigenvalue weighted by atomic mass is 9.73. The molecule has 2 saturated heterocycles. The number of aliphatic hydroxyl groups is 1. The third kappa shape index (κ3) is 3.79. The van der Waals surface area contributed by atoms with Crippen molar-refractivity contribution >= 4 is 17.8 Å². The Bertz CT molecular complexity index is 892. The van der Waals surface area contributed by atoms with Gasteiger partial charge in [0.2, 0.25) is 11.8 Å². The van der Waals surface area contributed by atoms with Gasteiger partial charge in [-0.1, -0.05) is 31.2 Å². The van der Waals surface area contributed by atoms with Gasteiger partial charge in [0.05, 0.1) is 12.5 Å². The number of carbonyl (C=O) groups excluding carboxylic acids is 3. The standard InChI is InChI=1S/C26H38N2O6/c1-5-25-12-7-10-17-33-23(32)19(25)18-21(30)27(14-8-6-9-16-29)20-22(31)28(24(2,3)4)15-11-13-26(18,20)34-25/h7,11-13,18-20,29H,5-6,8-10,14-17H2,1-4H3/t18-,19+,20?,25-,26-/m0/s1. The summed E-state index contributed by atoms with van der Waals surface area (Å²) in [5.41, 5.74) is -2.68. The minimum Gasteiger partial charge on any atom is -0.465 e. The summed E-state index contributed by atoms with van der Waals surface area (Å²) < 4.78 is 12.4. The number of cyclic esters (lactones) is 1. The zero-order chi connectivity index (χ0) is 24.7. The Kier molecular flexibility index (Phi) is 6.68. The van der Waals surface area contributed by atoms with E-state index in [1.807, 2.05) is 52.0 Å². The minimum absolute atomic E-state index is 0.0891. The van der Waals surface area contributed by atoms with Crippen molar-refractivity contribution in [3.63, 3.8) is 0 Å². The van der Waals surface area contributed by atoms with Crippen LogP contribution in [0.1, 0.15) is 59.8 Å². The Balaban J connectivity index is 1.83. The second kappa shape index (κ2) is 9.11. The normalized spacial score (nSPS) is 35.4. The van der Waals surface area contributed by atoms with Crippen molar-refractivity contribution in [2.75, 3.05) is 26.3 Å². The lowest BCUT2D eigenvalue weighted by Crippen LogP contribution is -2.59. The van der Waals surface area contributed by atoms with E-state index in [0.717, 1.165) is 6.42 Å². The number of rotatable bonds is 6. The minimum atomic E-state index is -1.24. The molecule has 188 valence electrons. The van der Waals surface area contributed by atoms with Gasteiger partial charge < -0.3 is 24.4 Å². The summed E-state index contributed by atoms with van der Waals surface area (Å²) >= 11 is 0. The van der Waals surface area contributed by atoms with Gasteiger partial charge in [0.15, 0.2) is 0 Å². The van der Waals surface area contributed by atoms with Crippen molar-refractivity contribution in [1.29, 1.82) is 0 Å². The molecule has 4 aliphatic rings. The van der Waals surface area contributed by atoms with E-state index in [0.29, 0.717) is 38.8 Å².